The molecule has 0 aromatic heterocycles. The summed E-state index contributed by atoms with van der Waals surface area (Å²) in [7, 11) is 4.26. The van der Waals surface area contributed by atoms with Crippen LogP contribution in [0, 0.1) is 5.92 Å². The second-order valence-corrected chi connectivity index (χ2v) is 4.97. The van der Waals surface area contributed by atoms with E-state index >= 15 is 0 Å². The van der Waals surface area contributed by atoms with E-state index in [4.69, 9.17) is 4.74 Å². The topological polar surface area (TPSA) is 24.5 Å². The van der Waals surface area contributed by atoms with Gasteiger partial charge in [0.05, 0.1) is 6.10 Å². The van der Waals surface area contributed by atoms with E-state index < -0.39 is 0 Å². The van der Waals surface area contributed by atoms with Crippen molar-refractivity contribution >= 4 is 0 Å². The third-order valence-corrected chi connectivity index (χ3v) is 3.57. The molecule has 1 aliphatic heterocycles. The van der Waals surface area contributed by atoms with Gasteiger partial charge < -0.3 is 10.1 Å². The maximum absolute atomic E-state index is 5.63. The Balaban J connectivity index is 2.58. The fraction of sp³-hybridized carbons (Fsp3) is 1.00. The van der Waals surface area contributed by atoms with Gasteiger partial charge in [0.2, 0.25) is 0 Å². The van der Waals surface area contributed by atoms with Gasteiger partial charge >= 0.3 is 0 Å². The van der Waals surface area contributed by atoms with E-state index in [1.165, 1.54) is 6.42 Å². The Morgan fingerprint density at radius 2 is 2.13 bits per heavy atom. The number of ether oxygens (including phenoxy) is 1. The number of hydrogen-bond acceptors (Lipinski definition) is 3. The molecule has 90 valence electrons. The largest absolute Gasteiger partial charge is 0.377 e. The van der Waals surface area contributed by atoms with Crippen LogP contribution < -0.4 is 5.32 Å². The third-order valence-electron chi connectivity index (χ3n) is 3.57. The molecule has 3 heteroatoms. The van der Waals surface area contributed by atoms with Crippen molar-refractivity contribution in [2.45, 2.75) is 45.4 Å². The molecule has 0 spiro atoms. The number of rotatable bonds is 5. The monoisotopic (exact) mass is 214 g/mol. The van der Waals surface area contributed by atoms with Gasteiger partial charge in [0.15, 0.2) is 0 Å². The number of likely N-dealkylation sites (N-methyl/N-ethyl adjacent to an activating group) is 2. The zero-order valence-corrected chi connectivity index (χ0v) is 10.8. The summed E-state index contributed by atoms with van der Waals surface area (Å²) in [6.07, 6.45) is 1.55. The molecule has 0 amide bonds. The van der Waals surface area contributed by atoms with E-state index in [1.54, 1.807) is 0 Å². The van der Waals surface area contributed by atoms with Crippen LogP contribution in [-0.4, -0.2) is 50.3 Å². The van der Waals surface area contributed by atoms with Crippen LogP contribution in [0.3, 0.4) is 0 Å². The van der Waals surface area contributed by atoms with Crippen LogP contribution in [-0.2, 0) is 4.74 Å². The summed E-state index contributed by atoms with van der Waals surface area (Å²) in [5.41, 5.74) is 0. The minimum Gasteiger partial charge on any atom is -0.377 e. The molecular formula is C12H26N2O. The quantitative estimate of drug-likeness (QED) is 0.747. The summed E-state index contributed by atoms with van der Waals surface area (Å²) in [4.78, 5) is 2.50. The highest BCUT2D eigenvalue weighted by Gasteiger charge is 2.32. The van der Waals surface area contributed by atoms with E-state index in [0.717, 1.165) is 13.2 Å². The van der Waals surface area contributed by atoms with Crippen LogP contribution in [0.15, 0.2) is 0 Å². The van der Waals surface area contributed by atoms with Gasteiger partial charge in [0.25, 0.3) is 0 Å². The zero-order valence-electron chi connectivity index (χ0n) is 10.8. The van der Waals surface area contributed by atoms with Crippen molar-refractivity contribution in [3.05, 3.63) is 0 Å². The zero-order chi connectivity index (χ0) is 11.4. The molecule has 1 aliphatic rings. The maximum atomic E-state index is 5.63. The minimum atomic E-state index is 0.383. The van der Waals surface area contributed by atoms with Crippen molar-refractivity contribution in [3.63, 3.8) is 0 Å². The highest BCUT2D eigenvalue weighted by atomic mass is 16.5. The molecule has 0 radical (unpaired) electrons. The summed E-state index contributed by atoms with van der Waals surface area (Å²) in [5.74, 6) is 0.676. The fourth-order valence-corrected chi connectivity index (χ4v) is 2.56. The van der Waals surface area contributed by atoms with Crippen molar-refractivity contribution in [1.82, 2.24) is 10.2 Å². The van der Waals surface area contributed by atoms with Crippen LogP contribution in [0.25, 0.3) is 0 Å². The van der Waals surface area contributed by atoms with Crippen molar-refractivity contribution in [1.29, 1.82) is 0 Å². The summed E-state index contributed by atoms with van der Waals surface area (Å²) in [5, 5.41) is 3.29. The van der Waals surface area contributed by atoms with Gasteiger partial charge in [-0.1, -0.05) is 13.8 Å². The van der Waals surface area contributed by atoms with Gasteiger partial charge in [0.1, 0.15) is 0 Å². The molecular weight excluding hydrogens is 188 g/mol. The molecule has 1 saturated heterocycles. The van der Waals surface area contributed by atoms with Crippen molar-refractivity contribution in [2.24, 2.45) is 5.92 Å². The lowest BCUT2D eigenvalue weighted by atomic mass is 9.99. The Kier molecular flexibility index (Phi) is 5.03. The predicted molar refractivity (Wildman–Crippen MR) is 64.1 cm³/mol. The summed E-state index contributed by atoms with van der Waals surface area (Å²) in [6, 6.07) is 1.19. The van der Waals surface area contributed by atoms with Crippen LogP contribution in [0.2, 0.25) is 0 Å². The van der Waals surface area contributed by atoms with Gasteiger partial charge in [-0.05, 0) is 33.4 Å². The summed E-state index contributed by atoms with van der Waals surface area (Å²) in [6.45, 7) is 8.74. The Morgan fingerprint density at radius 1 is 1.47 bits per heavy atom. The molecule has 1 heterocycles. The molecule has 1 N–H and O–H groups in total. The average molecular weight is 214 g/mol. The van der Waals surface area contributed by atoms with Crippen LogP contribution in [0.4, 0.5) is 0 Å². The molecule has 3 unspecified atom stereocenters. The predicted octanol–water partition coefficient (Wildman–Crippen LogP) is 1.34. The Labute approximate surface area is 94.2 Å². The number of nitrogens with zero attached hydrogens (tertiary/aromatic N) is 1. The third kappa shape index (κ3) is 3.16. The lowest BCUT2D eigenvalue weighted by molar-refractivity contribution is 0.0570. The number of nitrogens with one attached hydrogen (secondary N) is 1. The second kappa shape index (κ2) is 5.83. The lowest BCUT2D eigenvalue weighted by Crippen LogP contribution is -2.49. The minimum absolute atomic E-state index is 0.383. The molecule has 15 heavy (non-hydrogen) atoms. The van der Waals surface area contributed by atoms with E-state index in [-0.39, 0.29) is 0 Å². The van der Waals surface area contributed by atoms with Crippen molar-refractivity contribution in [3.8, 4) is 0 Å². The highest BCUT2D eigenvalue weighted by Crippen LogP contribution is 2.22. The van der Waals surface area contributed by atoms with Crippen molar-refractivity contribution < 1.29 is 4.74 Å². The first-order chi connectivity index (χ1) is 7.07. The highest BCUT2D eigenvalue weighted by molar-refractivity contribution is 4.86. The van der Waals surface area contributed by atoms with Crippen LogP contribution >= 0.6 is 0 Å². The molecule has 3 atom stereocenters. The van der Waals surface area contributed by atoms with E-state index in [2.05, 4.69) is 38.0 Å². The average Bonchev–Trinajstić information content (AvgIpc) is 2.59. The van der Waals surface area contributed by atoms with Crippen LogP contribution in [0.1, 0.15) is 27.2 Å². The molecule has 0 saturated carbocycles. The molecule has 1 fully saturated rings. The summed E-state index contributed by atoms with van der Waals surface area (Å²) >= 11 is 0. The standard InChI is InChI=1S/C12H26N2O/c1-9(2)12(8-13-4)14(5)11-6-7-15-10(11)3/h9-13H,6-8H2,1-5H3. The summed E-state index contributed by atoms with van der Waals surface area (Å²) < 4.78 is 5.63. The molecule has 0 aromatic carbocycles. The molecule has 0 bridgehead atoms. The molecule has 0 aromatic rings. The number of hydrogen-bond donors (Lipinski definition) is 1. The van der Waals surface area contributed by atoms with E-state index in [9.17, 15) is 0 Å². The van der Waals surface area contributed by atoms with Gasteiger partial charge in [-0.25, -0.2) is 0 Å². The van der Waals surface area contributed by atoms with Crippen molar-refractivity contribution in [2.75, 3.05) is 27.2 Å². The van der Waals surface area contributed by atoms with Gasteiger partial charge in [0, 0.05) is 25.2 Å². The first kappa shape index (κ1) is 12.9. The van der Waals surface area contributed by atoms with Gasteiger partial charge in [-0.2, -0.15) is 0 Å². The van der Waals surface area contributed by atoms with Gasteiger partial charge in [-0.15, -0.1) is 0 Å². The Hall–Kier alpha value is -0.120. The fourth-order valence-electron chi connectivity index (χ4n) is 2.56. The smallest absolute Gasteiger partial charge is 0.0703 e. The first-order valence-electron chi connectivity index (χ1n) is 6.06. The Morgan fingerprint density at radius 3 is 2.53 bits per heavy atom. The lowest BCUT2D eigenvalue weighted by Gasteiger charge is -2.36. The normalized spacial score (nSPS) is 29.0. The molecule has 0 aliphatic carbocycles. The Bertz CT molecular complexity index is 184. The first-order valence-corrected chi connectivity index (χ1v) is 6.06. The SMILES string of the molecule is CNCC(C(C)C)N(C)C1CCOC1C. The van der Waals surface area contributed by atoms with E-state index in [1.807, 2.05) is 7.05 Å². The maximum Gasteiger partial charge on any atom is 0.0703 e. The van der Waals surface area contributed by atoms with Crippen LogP contribution in [0.5, 0.6) is 0 Å². The van der Waals surface area contributed by atoms with E-state index in [0.29, 0.717) is 24.1 Å². The second-order valence-electron chi connectivity index (χ2n) is 4.97. The molecule has 1 rings (SSSR count). The van der Waals surface area contributed by atoms with Gasteiger partial charge in [-0.3, -0.25) is 4.90 Å². The molecule has 3 nitrogen and oxygen atoms in total.